The number of piperidine rings is 1. The Balaban J connectivity index is 2.46. The highest BCUT2D eigenvalue weighted by atomic mass is 16.1. The second-order valence-electron chi connectivity index (χ2n) is 5.55. The van der Waals surface area contributed by atoms with Gasteiger partial charge in [-0.2, -0.15) is 0 Å². The Kier molecular flexibility index (Phi) is 4.33. The van der Waals surface area contributed by atoms with Crippen molar-refractivity contribution in [1.82, 2.24) is 4.90 Å². The van der Waals surface area contributed by atoms with E-state index in [4.69, 9.17) is 11.5 Å². The van der Waals surface area contributed by atoms with E-state index < -0.39 is 11.4 Å². The van der Waals surface area contributed by atoms with Crippen LogP contribution in [0.1, 0.15) is 40.0 Å². The summed E-state index contributed by atoms with van der Waals surface area (Å²) in [6, 6.07) is 0.329. The third kappa shape index (κ3) is 3.46. The van der Waals surface area contributed by atoms with Crippen LogP contribution in [0.15, 0.2) is 0 Å². The zero-order chi connectivity index (χ0) is 12.3. The number of likely N-dealkylation sites (tertiary alicyclic amines) is 1. The zero-order valence-electron chi connectivity index (χ0n) is 10.7. The van der Waals surface area contributed by atoms with Crippen LogP contribution in [0.3, 0.4) is 0 Å². The molecule has 1 rings (SSSR count). The van der Waals surface area contributed by atoms with Gasteiger partial charge < -0.3 is 16.4 Å². The Labute approximate surface area is 98.3 Å². The lowest BCUT2D eigenvalue weighted by Crippen LogP contribution is -2.54. The molecule has 0 radical (unpaired) electrons. The summed E-state index contributed by atoms with van der Waals surface area (Å²) < 4.78 is 0. The van der Waals surface area contributed by atoms with Crippen LogP contribution in [0.5, 0.6) is 0 Å². The van der Waals surface area contributed by atoms with E-state index in [-0.39, 0.29) is 0 Å². The van der Waals surface area contributed by atoms with Crippen LogP contribution < -0.4 is 11.5 Å². The average molecular weight is 227 g/mol. The number of hydrogen-bond acceptors (Lipinski definition) is 3. The van der Waals surface area contributed by atoms with Crippen molar-refractivity contribution in [1.29, 1.82) is 0 Å². The van der Waals surface area contributed by atoms with Crippen molar-refractivity contribution in [2.45, 2.75) is 51.6 Å². The van der Waals surface area contributed by atoms with E-state index in [9.17, 15) is 4.79 Å². The van der Waals surface area contributed by atoms with Crippen molar-refractivity contribution >= 4 is 5.91 Å². The van der Waals surface area contributed by atoms with Gasteiger partial charge in [0, 0.05) is 6.04 Å². The van der Waals surface area contributed by atoms with E-state index in [2.05, 4.69) is 18.7 Å². The fourth-order valence-corrected chi connectivity index (χ4v) is 2.31. The molecule has 1 fully saturated rings. The highest BCUT2D eigenvalue weighted by Gasteiger charge is 2.31. The molecule has 0 aliphatic carbocycles. The van der Waals surface area contributed by atoms with Crippen molar-refractivity contribution in [3.63, 3.8) is 0 Å². The third-order valence-electron chi connectivity index (χ3n) is 3.72. The van der Waals surface area contributed by atoms with Gasteiger partial charge in [0.1, 0.15) is 0 Å². The minimum absolute atomic E-state index is 0.329. The van der Waals surface area contributed by atoms with Crippen molar-refractivity contribution < 1.29 is 4.79 Å². The van der Waals surface area contributed by atoms with E-state index in [0.717, 1.165) is 19.0 Å². The van der Waals surface area contributed by atoms with Crippen molar-refractivity contribution in [2.24, 2.45) is 17.4 Å². The van der Waals surface area contributed by atoms with Gasteiger partial charge in [0.25, 0.3) is 0 Å². The summed E-state index contributed by atoms with van der Waals surface area (Å²) in [6.07, 6.45) is 3.11. The molecule has 16 heavy (non-hydrogen) atoms. The summed E-state index contributed by atoms with van der Waals surface area (Å²) in [7, 11) is 0. The summed E-state index contributed by atoms with van der Waals surface area (Å²) in [5.74, 6) is 0.411. The standard InChI is InChI=1S/C12H25N3O/c1-9-4-6-15(7-5-9)10(2)8-12(3,14)11(13)16/h9-10H,4-8,14H2,1-3H3,(H2,13,16). The molecule has 4 heteroatoms. The minimum Gasteiger partial charge on any atom is -0.368 e. The van der Waals surface area contributed by atoms with Crippen LogP contribution >= 0.6 is 0 Å². The fourth-order valence-electron chi connectivity index (χ4n) is 2.31. The molecule has 0 aromatic heterocycles. The number of amides is 1. The van der Waals surface area contributed by atoms with Gasteiger partial charge in [-0.1, -0.05) is 6.92 Å². The molecule has 2 atom stereocenters. The number of nitrogens with two attached hydrogens (primary N) is 2. The first-order valence-corrected chi connectivity index (χ1v) is 6.16. The van der Waals surface area contributed by atoms with Crippen LogP contribution in [-0.2, 0) is 4.79 Å². The van der Waals surface area contributed by atoms with Gasteiger partial charge in [-0.15, -0.1) is 0 Å². The Morgan fingerprint density at radius 2 is 2.00 bits per heavy atom. The van der Waals surface area contributed by atoms with E-state index in [1.165, 1.54) is 12.8 Å². The van der Waals surface area contributed by atoms with Crippen molar-refractivity contribution in [2.75, 3.05) is 13.1 Å². The molecule has 1 heterocycles. The normalized spacial score (nSPS) is 25.0. The number of carbonyl (C=O) groups excluding carboxylic acids is 1. The molecule has 94 valence electrons. The molecule has 2 unspecified atom stereocenters. The monoisotopic (exact) mass is 227 g/mol. The lowest BCUT2D eigenvalue weighted by atomic mass is 9.91. The third-order valence-corrected chi connectivity index (χ3v) is 3.72. The molecule has 0 spiro atoms. The van der Waals surface area contributed by atoms with Crippen LogP contribution in [0.4, 0.5) is 0 Å². The lowest BCUT2D eigenvalue weighted by molar-refractivity contribution is -0.123. The molecule has 0 aromatic rings. The van der Waals surface area contributed by atoms with Crippen LogP contribution in [0.25, 0.3) is 0 Å². The Hall–Kier alpha value is -0.610. The van der Waals surface area contributed by atoms with Crippen LogP contribution in [-0.4, -0.2) is 35.5 Å². The molecule has 0 aromatic carbocycles. The maximum absolute atomic E-state index is 11.2. The van der Waals surface area contributed by atoms with Gasteiger partial charge in [-0.3, -0.25) is 4.79 Å². The molecule has 1 amide bonds. The topological polar surface area (TPSA) is 72.3 Å². The van der Waals surface area contributed by atoms with E-state index >= 15 is 0 Å². The number of rotatable bonds is 4. The van der Waals surface area contributed by atoms with E-state index in [1.807, 2.05) is 0 Å². The lowest BCUT2D eigenvalue weighted by Gasteiger charge is -2.37. The number of primary amides is 1. The predicted molar refractivity (Wildman–Crippen MR) is 65.8 cm³/mol. The summed E-state index contributed by atoms with van der Waals surface area (Å²) >= 11 is 0. The summed E-state index contributed by atoms with van der Waals surface area (Å²) in [4.78, 5) is 13.6. The second-order valence-corrected chi connectivity index (χ2v) is 5.55. The number of nitrogens with zero attached hydrogens (tertiary/aromatic N) is 1. The van der Waals surface area contributed by atoms with E-state index in [1.54, 1.807) is 6.92 Å². The Morgan fingerprint density at radius 3 is 2.44 bits per heavy atom. The smallest absolute Gasteiger partial charge is 0.237 e. The molecular formula is C12H25N3O. The molecule has 0 saturated carbocycles. The zero-order valence-corrected chi connectivity index (χ0v) is 10.7. The SMILES string of the molecule is CC1CCN(C(C)CC(C)(N)C(N)=O)CC1. The average Bonchev–Trinajstić information content (AvgIpc) is 2.17. The molecule has 4 N–H and O–H groups in total. The van der Waals surface area contributed by atoms with Gasteiger partial charge >= 0.3 is 0 Å². The first kappa shape index (κ1) is 13.5. The van der Waals surface area contributed by atoms with Crippen molar-refractivity contribution in [3.05, 3.63) is 0 Å². The molecule has 1 aliphatic heterocycles. The first-order valence-electron chi connectivity index (χ1n) is 6.16. The summed E-state index contributed by atoms with van der Waals surface area (Å²) in [6.45, 7) is 8.36. The van der Waals surface area contributed by atoms with Gasteiger partial charge in [0.15, 0.2) is 0 Å². The minimum atomic E-state index is -0.886. The Morgan fingerprint density at radius 1 is 1.50 bits per heavy atom. The largest absolute Gasteiger partial charge is 0.368 e. The predicted octanol–water partition coefficient (Wildman–Crippen LogP) is 0.700. The molecular weight excluding hydrogens is 202 g/mol. The maximum atomic E-state index is 11.2. The highest BCUT2D eigenvalue weighted by molar-refractivity contribution is 5.83. The van der Waals surface area contributed by atoms with E-state index in [0.29, 0.717) is 12.5 Å². The van der Waals surface area contributed by atoms with Gasteiger partial charge in [-0.05, 0) is 52.1 Å². The Bertz CT molecular complexity index is 245. The molecule has 4 nitrogen and oxygen atoms in total. The quantitative estimate of drug-likeness (QED) is 0.742. The van der Waals surface area contributed by atoms with Crippen LogP contribution in [0, 0.1) is 5.92 Å². The maximum Gasteiger partial charge on any atom is 0.237 e. The highest BCUT2D eigenvalue weighted by Crippen LogP contribution is 2.21. The van der Waals surface area contributed by atoms with Gasteiger partial charge in [-0.25, -0.2) is 0 Å². The molecule has 0 bridgehead atoms. The second kappa shape index (κ2) is 5.15. The molecule has 1 aliphatic rings. The summed E-state index contributed by atoms with van der Waals surface area (Å²) in [5.41, 5.74) is 10.3. The molecule has 1 saturated heterocycles. The number of hydrogen-bond donors (Lipinski definition) is 2. The van der Waals surface area contributed by atoms with Gasteiger partial charge in [0.2, 0.25) is 5.91 Å². The summed E-state index contributed by atoms with van der Waals surface area (Å²) in [5, 5.41) is 0. The van der Waals surface area contributed by atoms with Crippen molar-refractivity contribution in [3.8, 4) is 0 Å². The first-order chi connectivity index (χ1) is 7.33. The fraction of sp³-hybridized carbons (Fsp3) is 0.917. The van der Waals surface area contributed by atoms with Gasteiger partial charge in [0.05, 0.1) is 5.54 Å². The van der Waals surface area contributed by atoms with Crippen LogP contribution in [0.2, 0.25) is 0 Å². The number of carbonyl (C=O) groups is 1.